The first kappa shape index (κ1) is 19.2. The van der Waals surface area contributed by atoms with Gasteiger partial charge in [0.05, 0.1) is 4.90 Å². The third kappa shape index (κ3) is 5.23. The maximum Gasteiger partial charge on any atom is 0.261 e. The molecule has 3 aromatic carbocycles. The number of carbonyl (C=O) groups is 1. The molecule has 3 aromatic rings. The van der Waals surface area contributed by atoms with Gasteiger partial charge < -0.3 is 9.47 Å². The quantitative estimate of drug-likeness (QED) is 0.485. The van der Waals surface area contributed by atoms with E-state index in [0.29, 0.717) is 28.6 Å². The summed E-state index contributed by atoms with van der Waals surface area (Å²) in [4.78, 5) is 11.0. The van der Waals surface area contributed by atoms with Gasteiger partial charge in [0.2, 0.25) is 0 Å². The Balaban J connectivity index is 1.65. The van der Waals surface area contributed by atoms with Crippen LogP contribution in [0.25, 0.3) is 0 Å². The van der Waals surface area contributed by atoms with Crippen LogP contribution in [0.15, 0.2) is 77.7 Å². The van der Waals surface area contributed by atoms with E-state index in [4.69, 9.17) is 31.8 Å². The van der Waals surface area contributed by atoms with Crippen LogP contribution >= 0.6 is 22.3 Å². The van der Waals surface area contributed by atoms with Crippen LogP contribution in [0.2, 0.25) is 0 Å². The minimum Gasteiger partial charge on any atom is -0.457 e. The molecule has 0 saturated heterocycles. The van der Waals surface area contributed by atoms with Gasteiger partial charge in [-0.25, -0.2) is 8.42 Å². The van der Waals surface area contributed by atoms with Crippen LogP contribution in [0.4, 0.5) is 0 Å². The summed E-state index contributed by atoms with van der Waals surface area (Å²) in [7, 11) is 1.51. The molecule has 0 amide bonds. The topological polar surface area (TPSA) is 69.7 Å². The lowest BCUT2D eigenvalue weighted by Gasteiger charge is -2.09. The molecule has 0 N–H and O–H groups in total. The average Bonchev–Trinajstić information content (AvgIpc) is 2.63. The van der Waals surface area contributed by atoms with Crippen molar-refractivity contribution >= 4 is 36.6 Å². The van der Waals surface area contributed by atoms with Gasteiger partial charge in [-0.1, -0.05) is 0 Å². The molecular weight excluding hydrogens is 411 g/mol. The Hall–Kier alpha value is -2.54. The molecule has 0 aliphatic carbocycles. The minimum atomic E-state index is -3.76. The number of hydrogen-bond acceptors (Lipinski definition) is 5. The first-order valence-electron chi connectivity index (χ1n) is 7.62. The van der Waals surface area contributed by atoms with Crippen LogP contribution in [0, 0.1) is 0 Å². The van der Waals surface area contributed by atoms with E-state index in [-0.39, 0.29) is 4.90 Å². The zero-order valence-corrected chi connectivity index (χ0v) is 16.0. The SMILES string of the molecule is O=C(Cl)c1ccc(Oc2ccc(Oc3ccc(S(=O)(=O)Cl)cc3)cc2)cc1. The fourth-order valence-corrected chi connectivity index (χ4v) is 3.07. The van der Waals surface area contributed by atoms with E-state index in [1.165, 1.54) is 24.3 Å². The molecule has 138 valence electrons. The van der Waals surface area contributed by atoms with Gasteiger partial charge in [-0.3, -0.25) is 4.79 Å². The molecular formula is C19H12Cl2O5S. The molecule has 0 unspecified atom stereocenters. The maximum atomic E-state index is 11.2. The Morgan fingerprint density at radius 2 is 1.00 bits per heavy atom. The molecule has 27 heavy (non-hydrogen) atoms. The van der Waals surface area contributed by atoms with Gasteiger partial charge in [0.25, 0.3) is 14.3 Å². The molecule has 0 aliphatic rings. The van der Waals surface area contributed by atoms with Crippen molar-refractivity contribution < 1.29 is 22.7 Å². The fraction of sp³-hybridized carbons (Fsp3) is 0. The highest BCUT2D eigenvalue weighted by molar-refractivity contribution is 8.13. The predicted molar refractivity (Wildman–Crippen MR) is 103 cm³/mol. The summed E-state index contributed by atoms with van der Waals surface area (Å²) in [6, 6.07) is 19.0. The van der Waals surface area contributed by atoms with Gasteiger partial charge in [-0.05, 0) is 84.4 Å². The zero-order valence-electron chi connectivity index (χ0n) is 13.6. The molecule has 0 bridgehead atoms. The van der Waals surface area contributed by atoms with Crippen LogP contribution in [-0.4, -0.2) is 13.7 Å². The number of benzene rings is 3. The van der Waals surface area contributed by atoms with Gasteiger partial charge in [0.15, 0.2) is 0 Å². The van der Waals surface area contributed by atoms with E-state index in [1.807, 2.05) is 0 Å². The van der Waals surface area contributed by atoms with Crippen LogP contribution < -0.4 is 9.47 Å². The first-order chi connectivity index (χ1) is 12.8. The Bertz CT molecular complexity index is 1040. The Morgan fingerprint density at radius 3 is 1.33 bits per heavy atom. The summed E-state index contributed by atoms with van der Waals surface area (Å²) < 4.78 is 33.8. The summed E-state index contributed by atoms with van der Waals surface area (Å²) in [6.45, 7) is 0. The standard InChI is InChI=1S/C19H12Cl2O5S/c20-19(22)13-1-3-14(4-2-13)25-15-5-7-16(8-6-15)26-17-9-11-18(12-10-17)27(21,23)24/h1-12H. The number of ether oxygens (including phenoxy) is 2. The average molecular weight is 423 g/mol. The van der Waals surface area contributed by atoms with Gasteiger partial charge in [-0.15, -0.1) is 0 Å². The molecule has 0 radical (unpaired) electrons. The summed E-state index contributed by atoms with van der Waals surface area (Å²) in [5, 5.41) is -0.528. The highest BCUT2D eigenvalue weighted by Crippen LogP contribution is 2.28. The van der Waals surface area contributed by atoms with Crippen LogP contribution in [0.3, 0.4) is 0 Å². The number of carbonyl (C=O) groups excluding carboxylic acids is 1. The van der Waals surface area contributed by atoms with Crippen molar-refractivity contribution in [1.82, 2.24) is 0 Å². The Kier molecular flexibility index (Phi) is 5.70. The van der Waals surface area contributed by atoms with Gasteiger partial charge in [-0.2, -0.15) is 0 Å². The monoisotopic (exact) mass is 422 g/mol. The van der Waals surface area contributed by atoms with Crippen molar-refractivity contribution in [2.75, 3.05) is 0 Å². The van der Waals surface area contributed by atoms with E-state index >= 15 is 0 Å². The zero-order chi connectivity index (χ0) is 19.4. The number of halogens is 2. The molecule has 0 atom stereocenters. The molecule has 0 fully saturated rings. The van der Waals surface area contributed by atoms with Gasteiger partial charge >= 0.3 is 0 Å². The summed E-state index contributed by atoms with van der Waals surface area (Å²) in [5.74, 6) is 2.15. The second-order valence-electron chi connectivity index (χ2n) is 5.38. The van der Waals surface area contributed by atoms with Crippen molar-refractivity contribution in [3.8, 4) is 23.0 Å². The third-order valence-corrected chi connectivity index (χ3v) is 5.07. The summed E-state index contributed by atoms with van der Waals surface area (Å²) in [5.41, 5.74) is 0.390. The van der Waals surface area contributed by atoms with E-state index in [0.717, 1.165) is 0 Å². The first-order valence-corrected chi connectivity index (χ1v) is 10.3. The largest absolute Gasteiger partial charge is 0.457 e. The number of hydrogen-bond donors (Lipinski definition) is 0. The van der Waals surface area contributed by atoms with Crippen molar-refractivity contribution in [2.45, 2.75) is 4.90 Å². The summed E-state index contributed by atoms with van der Waals surface area (Å²) in [6.07, 6.45) is 0. The molecule has 0 saturated carbocycles. The van der Waals surface area contributed by atoms with Crippen molar-refractivity contribution in [1.29, 1.82) is 0 Å². The van der Waals surface area contributed by atoms with Crippen LogP contribution in [0.5, 0.6) is 23.0 Å². The van der Waals surface area contributed by atoms with Crippen molar-refractivity contribution in [3.05, 3.63) is 78.4 Å². The van der Waals surface area contributed by atoms with E-state index in [1.54, 1.807) is 48.5 Å². The second-order valence-corrected chi connectivity index (χ2v) is 8.29. The minimum absolute atomic E-state index is 0.00199. The molecule has 0 spiro atoms. The highest BCUT2D eigenvalue weighted by atomic mass is 35.7. The molecule has 5 nitrogen and oxygen atoms in total. The van der Waals surface area contributed by atoms with E-state index < -0.39 is 14.3 Å². The fourth-order valence-electron chi connectivity index (χ4n) is 2.17. The molecule has 0 aliphatic heterocycles. The Morgan fingerprint density at radius 1 is 0.667 bits per heavy atom. The lowest BCUT2D eigenvalue weighted by molar-refractivity contribution is 0.108. The predicted octanol–water partition coefficient (Wildman–Crippen LogP) is 5.58. The summed E-state index contributed by atoms with van der Waals surface area (Å²) >= 11 is 5.40. The van der Waals surface area contributed by atoms with Crippen molar-refractivity contribution in [3.63, 3.8) is 0 Å². The lowest BCUT2D eigenvalue weighted by atomic mass is 10.2. The normalized spacial score (nSPS) is 11.0. The number of rotatable bonds is 6. The highest BCUT2D eigenvalue weighted by Gasteiger charge is 2.09. The van der Waals surface area contributed by atoms with Crippen molar-refractivity contribution in [2.24, 2.45) is 0 Å². The van der Waals surface area contributed by atoms with E-state index in [9.17, 15) is 13.2 Å². The van der Waals surface area contributed by atoms with E-state index in [2.05, 4.69) is 0 Å². The molecule has 3 rings (SSSR count). The third-order valence-electron chi connectivity index (χ3n) is 3.48. The van der Waals surface area contributed by atoms with Crippen LogP contribution in [0.1, 0.15) is 10.4 Å². The van der Waals surface area contributed by atoms with Gasteiger partial charge in [0.1, 0.15) is 23.0 Å². The molecule has 0 aromatic heterocycles. The molecule has 8 heteroatoms. The smallest absolute Gasteiger partial charge is 0.261 e. The second kappa shape index (κ2) is 8.00. The lowest BCUT2D eigenvalue weighted by Crippen LogP contribution is -1.91. The van der Waals surface area contributed by atoms with Gasteiger partial charge in [0, 0.05) is 16.2 Å². The van der Waals surface area contributed by atoms with Crippen LogP contribution in [-0.2, 0) is 9.05 Å². The maximum absolute atomic E-state index is 11.2. The Labute approximate surface area is 165 Å². The molecule has 0 heterocycles.